The Morgan fingerprint density at radius 2 is 2.06 bits per heavy atom. The van der Waals surface area contributed by atoms with Gasteiger partial charge >= 0.3 is 5.63 Å². The number of hydrogen-bond donors (Lipinski definition) is 1. The van der Waals surface area contributed by atoms with Gasteiger partial charge < -0.3 is 14.6 Å². The summed E-state index contributed by atoms with van der Waals surface area (Å²) >= 11 is 0. The summed E-state index contributed by atoms with van der Waals surface area (Å²) in [5, 5.41) is 1.83. The second-order valence-corrected chi connectivity index (χ2v) is 3.61. The van der Waals surface area contributed by atoms with Crippen molar-refractivity contribution in [3.63, 3.8) is 0 Å². The maximum Gasteiger partial charge on any atom is 0.336 e. The van der Waals surface area contributed by atoms with Gasteiger partial charge in [0, 0.05) is 35.0 Å². The first-order chi connectivity index (χ1) is 7.78. The van der Waals surface area contributed by atoms with E-state index in [2.05, 4.69) is 0 Å². The Kier molecular flexibility index (Phi) is 1.84. The summed E-state index contributed by atoms with van der Waals surface area (Å²) in [6.45, 7) is 0.426. The van der Waals surface area contributed by atoms with Gasteiger partial charge in [-0.15, -0.1) is 0 Å². The first-order valence-corrected chi connectivity index (χ1v) is 4.92. The maximum absolute atomic E-state index is 11.1. The van der Waals surface area contributed by atoms with Crippen molar-refractivity contribution in [2.45, 2.75) is 6.54 Å². The van der Waals surface area contributed by atoms with Crippen LogP contribution >= 0.6 is 0 Å². The predicted molar refractivity (Wildman–Crippen MR) is 60.1 cm³/mol. The number of hydrogen-bond acceptors (Lipinski definition) is 4. The van der Waals surface area contributed by atoms with E-state index >= 15 is 0 Å². The largest absolute Gasteiger partial charge is 0.464 e. The minimum Gasteiger partial charge on any atom is -0.464 e. The highest BCUT2D eigenvalue weighted by Gasteiger charge is 2.07. The van der Waals surface area contributed by atoms with Crippen molar-refractivity contribution in [1.82, 2.24) is 0 Å². The van der Waals surface area contributed by atoms with Crippen molar-refractivity contribution in [3.05, 3.63) is 46.5 Å². The second-order valence-electron chi connectivity index (χ2n) is 3.61. The standard InChI is InChI=1S/C12H9NO3/c13-5-8-6-15-11-4-10-7(3-9(8)11)1-2-12(14)16-10/h1-4,6H,5,13H2. The maximum atomic E-state index is 11.1. The highest BCUT2D eigenvalue weighted by atomic mass is 16.4. The Morgan fingerprint density at radius 3 is 2.88 bits per heavy atom. The Balaban J connectivity index is 2.45. The molecule has 0 aliphatic heterocycles. The zero-order valence-electron chi connectivity index (χ0n) is 8.40. The van der Waals surface area contributed by atoms with Crippen LogP contribution in [0.4, 0.5) is 0 Å². The van der Waals surface area contributed by atoms with Gasteiger partial charge in [0.25, 0.3) is 0 Å². The molecule has 0 radical (unpaired) electrons. The molecule has 0 spiro atoms. The van der Waals surface area contributed by atoms with Crippen molar-refractivity contribution in [1.29, 1.82) is 0 Å². The third kappa shape index (κ3) is 1.24. The van der Waals surface area contributed by atoms with E-state index in [9.17, 15) is 4.79 Å². The van der Waals surface area contributed by atoms with Crippen LogP contribution in [0.2, 0.25) is 0 Å². The SMILES string of the molecule is NCc1coc2cc3oc(=O)ccc3cc12. The van der Waals surface area contributed by atoms with Crippen LogP contribution in [0.1, 0.15) is 5.56 Å². The smallest absolute Gasteiger partial charge is 0.336 e. The van der Waals surface area contributed by atoms with Gasteiger partial charge in [-0.2, -0.15) is 0 Å². The summed E-state index contributed by atoms with van der Waals surface area (Å²) < 4.78 is 10.4. The van der Waals surface area contributed by atoms with Crippen molar-refractivity contribution in [3.8, 4) is 0 Å². The average molecular weight is 215 g/mol. The molecule has 4 heteroatoms. The van der Waals surface area contributed by atoms with E-state index < -0.39 is 0 Å². The van der Waals surface area contributed by atoms with Crippen LogP contribution in [0.25, 0.3) is 21.9 Å². The Bertz CT molecular complexity index is 724. The van der Waals surface area contributed by atoms with Crippen molar-refractivity contribution >= 4 is 21.9 Å². The van der Waals surface area contributed by atoms with Crippen molar-refractivity contribution < 1.29 is 8.83 Å². The highest BCUT2D eigenvalue weighted by molar-refractivity contribution is 5.94. The lowest BCUT2D eigenvalue weighted by atomic mass is 10.1. The zero-order valence-corrected chi connectivity index (χ0v) is 8.40. The normalized spacial score (nSPS) is 11.3. The summed E-state index contributed by atoms with van der Waals surface area (Å²) in [6.07, 6.45) is 1.63. The van der Waals surface area contributed by atoms with E-state index in [1.807, 2.05) is 6.07 Å². The first-order valence-electron chi connectivity index (χ1n) is 4.92. The lowest BCUT2D eigenvalue weighted by molar-refractivity contribution is 0.559. The topological polar surface area (TPSA) is 69.4 Å². The Hall–Kier alpha value is -2.07. The van der Waals surface area contributed by atoms with Crippen LogP contribution < -0.4 is 11.4 Å². The fraction of sp³-hybridized carbons (Fsp3) is 0.0833. The minimum atomic E-state index is -0.363. The van der Waals surface area contributed by atoms with Crippen molar-refractivity contribution in [2.24, 2.45) is 5.73 Å². The van der Waals surface area contributed by atoms with Crippen LogP contribution in [0, 0.1) is 0 Å². The summed E-state index contributed by atoms with van der Waals surface area (Å²) in [7, 11) is 0. The van der Waals surface area contributed by atoms with Crippen LogP contribution in [-0.2, 0) is 6.54 Å². The number of fused-ring (bicyclic) bond motifs is 2. The molecule has 0 atom stereocenters. The van der Waals surface area contributed by atoms with E-state index in [1.54, 1.807) is 18.4 Å². The monoisotopic (exact) mass is 215 g/mol. The van der Waals surface area contributed by atoms with Crippen LogP contribution in [0.15, 0.2) is 44.2 Å². The molecule has 0 unspecified atom stereocenters. The van der Waals surface area contributed by atoms with E-state index in [-0.39, 0.29) is 5.63 Å². The molecular weight excluding hydrogens is 206 g/mol. The molecule has 1 aromatic carbocycles. The number of benzene rings is 1. The molecule has 0 aliphatic rings. The molecule has 0 saturated carbocycles. The molecule has 0 amide bonds. The Morgan fingerprint density at radius 1 is 1.19 bits per heavy atom. The molecule has 16 heavy (non-hydrogen) atoms. The molecule has 0 fully saturated rings. The minimum absolute atomic E-state index is 0.363. The van der Waals surface area contributed by atoms with E-state index in [1.165, 1.54) is 6.07 Å². The van der Waals surface area contributed by atoms with Gasteiger partial charge in [0.1, 0.15) is 11.2 Å². The van der Waals surface area contributed by atoms with E-state index in [0.29, 0.717) is 17.7 Å². The Labute approximate surface area is 90.3 Å². The number of furan rings is 1. The van der Waals surface area contributed by atoms with Crippen LogP contribution in [0.3, 0.4) is 0 Å². The quantitative estimate of drug-likeness (QED) is 0.630. The second kappa shape index (κ2) is 3.21. The van der Waals surface area contributed by atoms with Crippen molar-refractivity contribution in [2.75, 3.05) is 0 Å². The van der Waals surface area contributed by atoms with E-state index in [4.69, 9.17) is 14.6 Å². The molecule has 3 rings (SSSR count). The van der Waals surface area contributed by atoms with Gasteiger partial charge in [0.05, 0.1) is 6.26 Å². The molecule has 0 aliphatic carbocycles. The van der Waals surface area contributed by atoms with Crippen LogP contribution in [0.5, 0.6) is 0 Å². The van der Waals surface area contributed by atoms with Gasteiger partial charge in [-0.25, -0.2) is 4.79 Å². The van der Waals surface area contributed by atoms with E-state index in [0.717, 1.165) is 16.3 Å². The van der Waals surface area contributed by atoms with Gasteiger partial charge in [-0.05, 0) is 12.1 Å². The summed E-state index contributed by atoms with van der Waals surface area (Å²) in [4.78, 5) is 11.1. The summed E-state index contributed by atoms with van der Waals surface area (Å²) in [5.74, 6) is 0. The first kappa shape index (κ1) is 9.18. The molecule has 2 aromatic heterocycles. The molecule has 0 bridgehead atoms. The highest BCUT2D eigenvalue weighted by Crippen LogP contribution is 2.25. The fourth-order valence-electron chi connectivity index (χ4n) is 1.80. The zero-order chi connectivity index (χ0) is 11.1. The van der Waals surface area contributed by atoms with Gasteiger partial charge in [-0.1, -0.05) is 0 Å². The molecule has 3 aromatic rings. The fourth-order valence-corrected chi connectivity index (χ4v) is 1.80. The molecule has 4 nitrogen and oxygen atoms in total. The predicted octanol–water partition coefficient (Wildman–Crippen LogP) is 2.00. The van der Waals surface area contributed by atoms with Gasteiger partial charge in [-0.3, -0.25) is 0 Å². The lowest BCUT2D eigenvalue weighted by Crippen LogP contribution is -1.95. The van der Waals surface area contributed by atoms with Gasteiger partial charge in [0.2, 0.25) is 0 Å². The third-order valence-electron chi connectivity index (χ3n) is 2.62. The van der Waals surface area contributed by atoms with Gasteiger partial charge in [0.15, 0.2) is 0 Å². The molecule has 2 heterocycles. The third-order valence-corrected chi connectivity index (χ3v) is 2.62. The molecule has 0 saturated heterocycles. The number of rotatable bonds is 1. The molecule has 2 N–H and O–H groups in total. The van der Waals surface area contributed by atoms with Crippen LogP contribution in [-0.4, -0.2) is 0 Å². The average Bonchev–Trinajstić information content (AvgIpc) is 2.68. The molecule has 80 valence electrons. The molecular formula is C12H9NO3. The summed E-state index contributed by atoms with van der Waals surface area (Å²) in [6, 6.07) is 6.76. The number of nitrogens with two attached hydrogens (primary N) is 1. The summed E-state index contributed by atoms with van der Waals surface area (Å²) in [5.41, 5.74) is 7.39. The lowest BCUT2D eigenvalue weighted by Gasteiger charge is -1.96.